The van der Waals surface area contributed by atoms with Gasteiger partial charge in [0.05, 0.1) is 30.2 Å². The van der Waals surface area contributed by atoms with Crippen molar-refractivity contribution in [1.82, 2.24) is 0 Å². The number of ether oxygens (including phenoxy) is 2. The van der Waals surface area contributed by atoms with Gasteiger partial charge >= 0.3 is 0 Å². The lowest BCUT2D eigenvalue weighted by atomic mass is 10.0. The first-order valence-electron chi connectivity index (χ1n) is 10.9. The average molecular weight is 461 g/mol. The minimum Gasteiger partial charge on any atom is -0.495 e. The van der Waals surface area contributed by atoms with Gasteiger partial charge in [0.1, 0.15) is 23.0 Å². The molecule has 2 amide bonds. The highest BCUT2D eigenvalue weighted by Crippen LogP contribution is 2.36. The van der Waals surface area contributed by atoms with Crippen LogP contribution in [0.4, 0.5) is 15.8 Å². The van der Waals surface area contributed by atoms with Gasteiger partial charge in [-0.3, -0.25) is 9.59 Å². The van der Waals surface area contributed by atoms with Crippen LogP contribution in [-0.4, -0.2) is 25.0 Å². The molecule has 3 aromatic carbocycles. The van der Waals surface area contributed by atoms with E-state index in [2.05, 4.69) is 5.32 Å². The summed E-state index contributed by atoms with van der Waals surface area (Å²) in [6.45, 7) is 5.76. The largest absolute Gasteiger partial charge is 0.495 e. The molecule has 1 heterocycles. The normalized spacial score (nSPS) is 13.6. The molecule has 0 saturated heterocycles. The third-order valence-electron chi connectivity index (χ3n) is 5.30. The molecule has 1 aliphatic heterocycles. The molecule has 0 aromatic heterocycles. The van der Waals surface area contributed by atoms with Crippen LogP contribution in [0.2, 0.25) is 0 Å². The number of halogens is 1. The molecule has 6 nitrogen and oxygen atoms in total. The van der Waals surface area contributed by atoms with Crippen LogP contribution in [0.3, 0.4) is 0 Å². The predicted octanol–water partition coefficient (Wildman–Crippen LogP) is 5.33. The fourth-order valence-electron chi connectivity index (χ4n) is 3.76. The van der Waals surface area contributed by atoms with Gasteiger partial charge in [0.25, 0.3) is 11.8 Å². The molecule has 7 heteroatoms. The number of nitrogens with one attached hydrogen (secondary N) is 1. The van der Waals surface area contributed by atoms with E-state index in [0.29, 0.717) is 22.7 Å². The van der Waals surface area contributed by atoms with E-state index in [9.17, 15) is 14.0 Å². The quantitative estimate of drug-likeness (QED) is 0.483. The number of hydrogen-bond acceptors (Lipinski definition) is 5. The summed E-state index contributed by atoms with van der Waals surface area (Å²) < 4.78 is 24.6. The number of amides is 2. The fourth-order valence-corrected chi connectivity index (χ4v) is 3.76. The smallest absolute Gasteiger partial charge is 0.282 e. The van der Waals surface area contributed by atoms with E-state index in [0.717, 1.165) is 10.5 Å². The van der Waals surface area contributed by atoms with E-state index >= 15 is 0 Å². The summed E-state index contributed by atoms with van der Waals surface area (Å²) in [5, 5.41) is 3.13. The van der Waals surface area contributed by atoms with Crippen LogP contribution < -0.4 is 19.7 Å². The second-order valence-electron chi connectivity index (χ2n) is 8.19. The minimum absolute atomic E-state index is 0.000244. The number of imide groups is 1. The molecule has 0 atom stereocenters. The number of nitrogens with zero attached hydrogens (tertiary/aromatic N) is 1. The Hall–Kier alpha value is -4.13. The van der Waals surface area contributed by atoms with Gasteiger partial charge in [-0.25, -0.2) is 9.29 Å². The second kappa shape index (κ2) is 9.39. The van der Waals surface area contributed by atoms with Gasteiger partial charge < -0.3 is 14.8 Å². The Morgan fingerprint density at radius 3 is 2.21 bits per heavy atom. The lowest BCUT2D eigenvalue weighted by Crippen LogP contribution is -2.32. The molecule has 0 unspecified atom stereocenters. The van der Waals surface area contributed by atoms with E-state index in [1.54, 1.807) is 30.3 Å². The van der Waals surface area contributed by atoms with Crippen molar-refractivity contribution < 1.29 is 23.5 Å². The van der Waals surface area contributed by atoms with Crippen molar-refractivity contribution in [1.29, 1.82) is 0 Å². The zero-order chi connectivity index (χ0) is 24.4. The number of aryl methyl sites for hydroxylation is 1. The summed E-state index contributed by atoms with van der Waals surface area (Å²) in [6, 6.07) is 17.7. The molecule has 0 spiro atoms. The summed E-state index contributed by atoms with van der Waals surface area (Å²) in [7, 11) is 1.53. The summed E-state index contributed by atoms with van der Waals surface area (Å²) in [5.74, 6) is -0.333. The Balaban J connectivity index is 1.81. The van der Waals surface area contributed by atoms with Gasteiger partial charge in [-0.2, -0.15) is 0 Å². The zero-order valence-corrected chi connectivity index (χ0v) is 19.4. The molecule has 174 valence electrons. The fraction of sp³-hybridized carbons (Fsp3) is 0.185. The van der Waals surface area contributed by atoms with E-state index in [1.807, 2.05) is 32.9 Å². The lowest BCUT2D eigenvalue weighted by molar-refractivity contribution is -0.120. The summed E-state index contributed by atoms with van der Waals surface area (Å²) in [5.41, 5.74) is 2.64. The third kappa shape index (κ3) is 4.50. The Labute approximate surface area is 197 Å². The van der Waals surface area contributed by atoms with Gasteiger partial charge in [0.2, 0.25) is 0 Å². The van der Waals surface area contributed by atoms with Crippen molar-refractivity contribution in [2.75, 3.05) is 17.3 Å². The predicted molar refractivity (Wildman–Crippen MR) is 129 cm³/mol. The third-order valence-corrected chi connectivity index (χ3v) is 5.30. The summed E-state index contributed by atoms with van der Waals surface area (Å²) >= 11 is 0. The van der Waals surface area contributed by atoms with Crippen molar-refractivity contribution in [2.24, 2.45) is 0 Å². The van der Waals surface area contributed by atoms with Gasteiger partial charge in [-0.15, -0.1) is 0 Å². The molecule has 34 heavy (non-hydrogen) atoms. The average Bonchev–Trinajstić information content (AvgIpc) is 3.04. The van der Waals surface area contributed by atoms with Crippen molar-refractivity contribution in [3.63, 3.8) is 0 Å². The molecule has 3 aromatic rings. The Bertz CT molecular complexity index is 1260. The van der Waals surface area contributed by atoms with Gasteiger partial charge in [0, 0.05) is 0 Å². The highest BCUT2D eigenvalue weighted by Gasteiger charge is 2.40. The van der Waals surface area contributed by atoms with Crippen LogP contribution in [0.25, 0.3) is 5.57 Å². The van der Waals surface area contributed by atoms with Gasteiger partial charge in [-0.05, 0) is 80.4 Å². The first-order valence-corrected chi connectivity index (χ1v) is 10.9. The first-order chi connectivity index (χ1) is 16.3. The molecule has 0 radical (unpaired) electrons. The monoisotopic (exact) mass is 460 g/mol. The number of hydrogen-bond donors (Lipinski definition) is 1. The number of carbonyl (C=O) groups is 2. The van der Waals surface area contributed by atoms with E-state index < -0.39 is 17.6 Å². The number of benzene rings is 3. The molecule has 0 bridgehead atoms. The first kappa shape index (κ1) is 23.0. The maximum Gasteiger partial charge on any atom is 0.282 e. The van der Waals surface area contributed by atoms with Crippen LogP contribution in [0.5, 0.6) is 11.5 Å². The highest BCUT2D eigenvalue weighted by molar-refractivity contribution is 6.46. The molecule has 0 aliphatic carbocycles. The van der Waals surface area contributed by atoms with Gasteiger partial charge in [0.15, 0.2) is 0 Å². The molecule has 0 saturated carbocycles. The molecule has 1 aliphatic rings. The number of methoxy groups -OCH3 is 1. The molecule has 1 N–H and O–H groups in total. The second-order valence-corrected chi connectivity index (χ2v) is 8.19. The van der Waals surface area contributed by atoms with Crippen LogP contribution in [0.1, 0.15) is 25.0 Å². The Morgan fingerprint density at radius 1 is 0.912 bits per heavy atom. The standard InChI is InChI=1S/C27H25FN2O4/c1-16(2)34-21-12-6-18(7-13-21)24-25(29-22-15-17(3)5-14-23(22)33-4)27(32)30(26(24)31)20-10-8-19(28)9-11-20/h5-16,29H,1-4H3. The Kier molecular flexibility index (Phi) is 6.36. The summed E-state index contributed by atoms with van der Waals surface area (Å²) in [6.07, 6.45) is -0.000244. The van der Waals surface area contributed by atoms with Crippen molar-refractivity contribution in [3.8, 4) is 11.5 Å². The lowest BCUT2D eigenvalue weighted by Gasteiger charge is -2.16. The van der Waals surface area contributed by atoms with E-state index in [1.165, 1.54) is 31.4 Å². The maximum atomic E-state index is 13.5. The van der Waals surface area contributed by atoms with Crippen molar-refractivity contribution in [2.45, 2.75) is 26.9 Å². The van der Waals surface area contributed by atoms with Crippen molar-refractivity contribution in [3.05, 3.63) is 89.4 Å². The summed E-state index contributed by atoms with van der Waals surface area (Å²) in [4.78, 5) is 28.1. The molecule has 4 rings (SSSR count). The minimum atomic E-state index is -0.544. The zero-order valence-electron chi connectivity index (χ0n) is 19.4. The van der Waals surface area contributed by atoms with Gasteiger partial charge in [-0.1, -0.05) is 18.2 Å². The topological polar surface area (TPSA) is 67.9 Å². The number of rotatable bonds is 7. The molecule has 0 fully saturated rings. The maximum absolute atomic E-state index is 13.5. The van der Waals surface area contributed by atoms with Crippen LogP contribution in [-0.2, 0) is 9.59 Å². The SMILES string of the molecule is COc1ccc(C)cc1NC1=C(c2ccc(OC(C)C)cc2)C(=O)N(c2ccc(F)cc2)C1=O. The van der Waals surface area contributed by atoms with E-state index in [4.69, 9.17) is 9.47 Å². The van der Waals surface area contributed by atoms with Crippen molar-refractivity contribution >= 4 is 28.8 Å². The number of carbonyl (C=O) groups excluding carboxylic acids is 2. The Morgan fingerprint density at radius 2 is 1.59 bits per heavy atom. The van der Waals surface area contributed by atoms with Crippen LogP contribution in [0, 0.1) is 12.7 Å². The van der Waals surface area contributed by atoms with Crippen LogP contribution in [0.15, 0.2) is 72.4 Å². The van der Waals surface area contributed by atoms with E-state index in [-0.39, 0.29) is 23.1 Å². The molecular formula is C27H25FN2O4. The highest BCUT2D eigenvalue weighted by atomic mass is 19.1. The number of anilines is 2. The van der Waals surface area contributed by atoms with Crippen LogP contribution >= 0.6 is 0 Å². The molecular weight excluding hydrogens is 435 g/mol.